The molecule has 1 amide bonds. The van der Waals surface area contributed by atoms with Crippen LogP contribution in [0.25, 0.3) is 22.5 Å². The highest BCUT2D eigenvalue weighted by atomic mass is 16.5. The van der Waals surface area contributed by atoms with E-state index in [0.717, 1.165) is 43.7 Å². The fourth-order valence-electron chi connectivity index (χ4n) is 3.84. The lowest BCUT2D eigenvalue weighted by Gasteiger charge is -2.20. The number of carbonyl (C=O) groups excluding carboxylic acids is 1. The van der Waals surface area contributed by atoms with Gasteiger partial charge in [-0.1, -0.05) is 0 Å². The molecular formula is C25H28N4O4. The van der Waals surface area contributed by atoms with Gasteiger partial charge in [0.1, 0.15) is 11.5 Å². The van der Waals surface area contributed by atoms with Gasteiger partial charge >= 0.3 is 5.69 Å². The van der Waals surface area contributed by atoms with Crippen LogP contribution in [0.5, 0.6) is 11.5 Å². The van der Waals surface area contributed by atoms with Crippen molar-refractivity contribution in [3.63, 3.8) is 0 Å². The van der Waals surface area contributed by atoms with E-state index in [9.17, 15) is 14.7 Å². The number of phenolic OH excluding ortho intramolecular Hbond substituents is 1. The summed E-state index contributed by atoms with van der Waals surface area (Å²) < 4.78 is 5.71. The molecule has 33 heavy (non-hydrogen) atoms. The maximum Gasteiger partial charge on any atom is 0.345 e. The zero-order valence-corrected chi connectivity index (χ0v) is 18.9. The highest BCUT2D eigenvalue weighted by molar-refractivity contribution is 5.78. The van der Waals surface area contributed by atoms with E-state index in [-0.39, 0.29) is 18.3 Å². The Morgan fingerprint density at radius 3 is 2.58 bits per heavy atom. The van der Waals surface area contributed by atoms with Crippen LogP contribution < -0.4 is 10.4 Å². The molecule has 1 aliphatic heterocycles. The van der Waals surface area contributed by atoms with Crippen molar-refractivity contribution in [1.29, 1.82) is 0 Å². The van der Waals surface area contributed by atoms with Gasteiger partial charge in [0.15, 0.2) is 6.61 Å². The van der Waals surface area contributed by atoms with Gasteiger partial charge in [-0.05, 0) is 86.6 Å². The van der Waals surface area contributed by atoms with Gasteiger partial charge < -0.3 is 24.6 Å². The predicted molar refractivity (Wildman–Crippen MR) is 126 cm³/mol. The molecule has 2 aromatic carbocycles. The summed E-state index contributed by atoms with van der Waals surface area (Å²) in [5.41, 5.74) is 2.93. The van der Waals surface area contributed by atoms with Gasteiger partial charge in [0, 0.05) is 25.2 Å². The Bertz CT molecular complexity index is 1190. The molecule has 1 aromatic heterocycles. The van der Waals surface area contributed by atoms with Crippen molar-refractivity contribution in [2.24, 2.45) is 0 Å². The van der Waals surface area contributed by atoms with E-state index < -0.39 is 5.69 Å². The maximum absolute atomic E-state index is 12.5. The molecule has 172 valence electrons. The number of hydrogen-bond donors (Lipinski definition) is 2. The Labute approximate surface area is 192 Å². The zero-order valence-electron chi connectivity index (χ0n) is 18.9. The Hall–Kier alpha value is -3.65. The van der Waals surface area contributed by atoms with Crippen LogP contribution >= 0.6 is 0 Å². The fraction of sp³-hybridized carbons (Fsp3) is 0.320. The molecule has 0 saturated carbocycles. The van der Waals surface area contributed by atoms with E-state index in [0.29, 0.717) is 22.7 Å². The lowest BCUT2D eigenvalue weighted by Crippen LogP contribution is -2.37. The summed E-state index contributed by atoms with van der Waals surface area (Å²) in [6.07, 6.45) is 0.965. The number of rotatable bonds is 5. The van der Waals surface area contributed by atoms with Gasteiger partial charge in [-0.3, -0.25) is 4.79 Å². The minimum Gasteiger partial charge on any atom is -0.508 e. The third-order valence-corrected chi connectivity index (χ3v) is 5.84. The van der Waals surface area contributed by atoms with Gasteiger partial charge in [-0.25, -0.2) is 4.79 Å². The molecule has 2 heterocycles. The molecule has 1 fully saturated rings. The molecular weight excluding hydrogens is 420 g/mol. The third-order valence-electron chi connectivity index (χ3n) is 5.84. The number of amides is 1. The van der Waals surface area contributed by atoms with Crippen LogP contribution in [0.2, 0.25) is 0 Å². The van der Waals surface area contributed by atoms with Gasteiger partial charge in [-0.15, -0.1) is 0 Å². The number of benzene rings is 2. The van der Waals surface area contributed by atoms with Crippen LogP contribution in [0.15, 0.2) is 53.3 Å². The molecule has 3 aromatic rings. The topological polar surface area (TPSA) is 98.8 Å². The Morgan fingerprint density at radius 2 is 1.82 bits per heavy atom. The number of aromatic nitrogens is 2. The Kier molecular flexibility index (Phi) is 6.74. The molecule has 0 unspecified atom stereocenters. The van der Waals surface area contributed by atoms with Crippen LogP contribution in [0, 0.1) is 6.92 Å². The van der Waals surface area contributed by atoms with Crippen molar-refractivity contribution < 1.29 is 14.6 Å². The number of carbonyl (C=O) groups is 1. The number of aryl methyl sites for hydroxylation is 1. The molecule has 8 heteroatoms. The van der Waals surface area contributed by atoms with Crippen molar-refractivity contribution in [1.82, 2.24) is 19.8 Å². The average Bonchev–Trinajstić information content (AvgIpc) is 3.03. The molecule has 8 nitrogen and oxygen atoms in total. The first kappa shape index (κ1) is 22.5. The second-order valence-corrected chi connectivity index (χ2v) is 8.34. The first-order chi connectivity index (χ1) is 15.9. The lowest BCUT2D eigenvalue weighted by atomic mass is 10.1. The number of aromatic hydroxyl groups is 1. The standard InChI is InChI=1S/C25H28N4O4/c1-17-14-19(6-9-23(17)30)22-15-21(26-25(32)27-22)18-4-7-20(8-5-18)33-16-24(31)29-11-3-10-28(2)12-13-29/h4-9,14-15,30H,3,10-13,16H2,1-2H3,(H,26,27,32). The molecule has 0 aliphatic carbocycles. The second-order valence-electron chi connectivity index (χ2n) is 8.34. The SMILES string of the molecule is Cc1cc(-c2cc(-c3ccc(OCC(=O)N4CCCN(C)CC4)cc3)[nH]c(=O)n2)ccc1O. The number of H-pyrrole nitrogens is 1. The number of nitrogens with one attached hydrogen (secondary N) is 1. The summed E-state index contributed by atoms with van der Waals surface area (Å²) in [6, 6.07) is 14.1. The summed E-state index contributed by atoms with van der Waals surface area (Å²) >= 11 is 0. The van der Waals surface area contributed by atoms with Crippen LogP contribution in [0.3, 0.4) is 0 Å². The van der Waals surface area contributed by atoms with Crippen molar-refractivity contribution in [2.45, 2.75) is 13.3 Å². The summed E-state index contributed by atoms with van der Waals surface area (Å²) in [5, 5.41) is 9.75. The number of nitrogens with zero attached hydrogens (tertiary/aromatic N) is 3. The van der Waals surface area contributed by atoms with Gasteiger partial charge in [0.05, 0.1) is 11.4 Å². The molecule has 2 N–H and O–H groups in total. The summed E-state index contributed by atoms with van der Waals surface area (Å²) in [4.78, 5) is 35.6. The summed E-state index contributed by atoms with van der Waals surface area (Å²) in [6.45, 7) is 5.13. The molecule has 0 bridgehead atoms. The monoisotopic (exact) mass is 448 g/mol. The highest BCUT2D eigenvalue weighted by Crippen LogP contribution is 2.26. The number of likely N-dealkylation sites (N-methyl/N-ethyl adjacent to an activating group) is 1. The molecule has 4 rings (SSSR count). The van der Waals surface area contributed by atoms with Crippen LogP contribution in [-0.2, 0) is 4.79 Å². The first-order valence-electron chi connectivity index (χ1n) is 11.0. The van der Waals surface area contributed by atoms with E-state index >= 15 is 0 Å². The van der Waals surface area contributed by atoms with E-state index in [1.54, 1.807) is 43.3 Å². The van der Waals surface area contributed by atoms with Crippen molar-refractivity contribution in [2.75, 3.05) is 39.8 Å². The second kappa shape index (κ2) is 9.87. The van der Waals surface area contributed by atoms with E-state index in [1.165, 1.54) is 0 Å². The summed E-state index contributed by atoms with van der Waals surface area (Å²) in [5.74, 6) is 0.771. The number of ether oxygens (including phenoxy) is 1. The van der Waals surface area contributed by atoms with E-state index in [1.807, 2.05) is 17.0 Å². The summed E-state index contributed by atoms with van der Waals surface area (Å²) in [7, 11) is 2.07. The molecule has 1 saturated heterocycles. The maximum atomic E-state index is 12.5. The minimum atomic E-state index is -0.456. The Morgan fingerprint density at radius 1 is 1.06 bits per heavy atom. The van der Waals surface area contributed by atoms with E-state index in [2.05, 4.69) is 21.9 Å². The third kappa shape index (κ3) is 5.59. The van der Waals surface area contributed by atoms with Crippen LogP contribution in [0.1, 0.15) is 12.0 Å². The van der Waals surface area contributed by atoms with Crippen molar-refractivity contribution in [3.05, 3.63) is 64.6 Å². The highest BCUT2D eigenvalue weighted by Gasteiger charge is 2.17. The Balaban J connectivity index is 1.44. The van der Waals surface area contributed by atoms with Crippen molar-refractivity contribution >= 4 is 5.91 Å². The average molecular weight is 449 g/mol. The largest absolute Gasteiger partial charge is 0.508 e. The van der Waals surface area contributed by atoms with Crippen LogP contribution in [-0.4, -0.2) is 70.6 Å². The zero-order chi connectivity index (χ0) is 23.4. The normalized spacial score (nSPS) is 14.7. The number of phenols is 1. The van der Waals surface area contributed by atoms with Crippen molar-refractivity contribution in [3.8, 4) is 34.0 Å². The van der Waals surface area contributed by atoms with Gasteiger partial charge in [-0.2, -0.15) is 4.98 Å². The van der Waals surface area contributed by atoms with E-state index in [4.69, 9.17) is 4.74 Å². The number of aromatic amines is 1. The predicted octanol–water partition coefficient (Wildman–Crippen LogP) is 2.66. The quantitative estimate of drug-likeness (QED) is 0.623. The minimum absolute atomic E-state index is 0.000493. The lowest BCUT2D eigenvalue weighted by molar-refractivity contribution is -0.133. The first-order valence-corrected chi connectivity index (χ1v) is 11.0. The van der Waals surface area contributed by atoms with Gasteiger partial charge in [0.25, 0.3) is 5.91 Å². The fourth-order valence-corrected chi connectivity index (χ4v) is 3.84. The molecule has 0 spiro atoms. The van der Waals surface area contributed by atoms with Gasteiger partial charge in [0.2, 0.25) is 0 Å². The molecule has 1 aliphatic rings. The molecule has 0 atom stereocenters. The number of hydrogen-bond acceptors (Lipinski definition) is 6. The smallest absolute Gasteiger partial charge is 0.345 e. The molecule has 0 radical (unpaired) electrons. The van der Waals surface area contributed by atoms with Crippen LogP contribution in [0.4, 0.5) is 0 Å².